The van der Waals surface area contributed by atoms with Crippen molar-refractivity contribution in [2.24, 2.45) is 10.7 Å². The zero-order valence-electron chi connectivity index (χ0n) is 8.68. The zero-order valence-corrected chi connectivity index (χ0v) is 8.68. The Kier molecular flexibility index (Phi) is 3.72. The molecule has 1 aliphatic heterocycles. The van der Waals surface area contributed by atoms with E-state index in [9.17, 15) is 0 Å². The normalized spacial score (nSPS) is 23.1. The maximum absolute atomic E-state index is 5.81. The van der Waals surface area contributed by atoms with E-state index >= 15 is 0 Å². The van der Waals surface area contributed by atoms with Crippen LogP contribution in [0.4, 0.5) is 0 Å². The molecule has 0 spiro atoms. The van der Waals surface area contributed by atoms with E-state index in [0.29, 0.717) is 0 Å². The lowest BCUT2D eigenvalue weighted by molar-refractivity contribution is 0.0601. The van der Waals surface area contributed by atoms with Crippen LogP contribution in [0, 0.1) is 0 Å². The molecule has 1 heterocycles. The summed E-state index contributed by atoms with van der Waals surface area (Å²) in [6.45, 7) is 5.92. The van der Waals surface area contributed by atoms with Crippen LogP contribution in [0.5, 0.6) is 0 Å². The van der Waals surface area contributed by atoms with Gasteiger partial charge in [0.2, 0.25) is 0 Å². The quantitative estimate of drug-likeness (QED) is 0.536. The fourth-order valence-electron chi connectivity index (χ4n) is 1.58. The number of amidine groups is 1. The van der Waals surface area contributed by atoms with Crippen LogP contribution in [0.1, 0.15) is 39.5 Å². The van der Waals surface area contributed by atoms with Gasteiger partial charge in [0.25, 0.3) is 0 Å². The van der Waals surface area contributed by atoms with Gasteiger partial charge in [-0.05, 0) is 26.2 Å². The minimum atomic E-state index is 0.0392. The van der Waals surface area contributed by atoms with E-state index in [2.05, 4.69) is 18.8 Å². The SMILES string of the molecule is CCCC(N)=NC1(C)CCOCC1. The van der Waals surface area contributed by atoms with Crippen molar-refractivity contribution in [2.45, 2.75) is 45.1 Å². The topological polar surface area (TPSA) is 47.6 Å². The summed E-state index contributed by atoms with van der Waals surface area (Å²) in [7, 11) is 0. The summed E-state index contributed by atoms with van der Waals surface area (Å²) in [6, 6.07) is 0. The Balaban J connectivity index is 2.52. The molecule has 2 N–H and O–H groups in total. The molecule has 1 aliphatic rings. The summed E-state index contributed by atoms with van der Waals surface area (Å²) in [6.07, 6.45) is 3.98. The minimum Gasteiger partial charge on any atom is -0.387 e. The lowest BCUT2D eigenvalue weighted by atomic mass is 9.93. The fourth-order valence-corrected chi connectivity index (χ4v) is 1.58. The first kappa shape index (κ1) is 10.5. The number of hydrogen-bond acceptors (Lipinski definition) is 2. The van der Waals surface area contributed by atoms with Crippen LogP contribution in [0.15, 0.2) is 4.99 Å². The highest BCUT2D eigenvalue weighted by Crippen LogP contribution is 2.24. The molecule has 0 saturated carbocycles. The Bertz CT molecular complexity index is 183. The number of aliphatic imine (C=N–C) groups is 1. The number of nitrogens with two attached hydrogens (primary N) is 1. The summed E-state index contributed by atoms with van der Waals surface area (Å²) in [5.74, 6) is 0.798. The molecule has 1 rings (SSSR count). The number of rotatable bonds is 3. The Morgan fingerprint density at radius 2 is 2.08 bits per heavy atom. The average Bonchev–Trinajstić information content (AvgIpc) is 2.04. The molecule has 0 radical (unpaired) electrons. The Morgan fingerprint density at radius 1 is 1.46 bits per heavy atom. The first-order valence-electron chi connectivity index (χ1n) is 5.08. The summed E-state index contributed by atoms with van der Waals surface area (Å²) < 4.78 is 5.30. The molecule has 0 aromatic carbocycles. The van der Waals surface area contributed by atoms with Gasteiger partial charge in [-0.15, -0.1) is 0 Å². The molecule has 0 atom stereocenters. The minimum absolute atomic E-state index is 0.0392. The molecule has 3 nitrogen and oxygen atoms in total. The van der Waals surface area contributed by atoms with E-state index in [1.54, 1.807) is 0 Å². The van der Waals surface area contributed by atoms with Crippen LogP contribution in [-0.4, -0.2) is 24.6 Å². The first-order valence-corrected chi connectivity index (χ1v) is 5.08. The van der Waals surface area contributed by atoms with Gasteiger partial charge in [-0.3, -0.25) is 4.99 Å². The highest BCUT2D eigenvalue weighted by atomic mass is 16.5. The molecule has 1 fully saturated rings. The van der Waals surface area contributed by atoms with Crippen molar-refractivity contribution in [1.82, 2.24) is 0 Å². The highest BCUT2D eigenvalue weighted by molar-refractivity contribution is 5.80. The zero-order chi connectivity index (χ0) is 9.73. The summed E-state index contributed by atoms with van der Waals surface area (Å²) in [5.41, 5.74) is 5.85. The van der Waals surface area contributed by atoms with Crippen molar-refractivity contribution < 1.29 is 4.74 Å². The maximum atomic E-state index is 5.81. The largest absolute Gasteiger partial charge is 0.387 e. The molecule has 0 amide bonds. The van der Waals surface area contributed by atoms with Gasteiger partial charge in [0, 0.05) is 19.6 Å². The van der Waals surface area contributed by atoms with Crippen LogP contribution < -0.4 is 5.73 Å². The molecular formula is C10H20N2O. The fraction of sp³-hybridized carbons (Fsp3) is 0.900. The third-order valence-corrected chi connectivity index (χ3v) is 2.49. The van der Waals surface area contributed by atoms with Gasteiger partial charge in [-0.2, -0.15) is 0 Å². The second kappa shape index (κ2) is 4.61. The van der Waals surface area contributed by atoms with Crippen molar-refractivity contribution in [3.05, 3.63) is 0 Å². The van der Waals surface area contributed by atoms with E-state index in [-0.39, 0.29) is 5.54 Å². The van der Waals surface area contributed by atoms with E-state index in [1.165, 1.54) is 0 Å². The third-order valence-electron chi connectivity index (χ3n) is 2.49. The van der Waals surface area contributed by atoms with E-state index in [4.69, 9.17) is 10.5 Å². The van der Waals surface area contributed by atoms with Gasteiger partial charge in [0.05, 0.1) is 11.4 Å². The number of hydrogen-bond donors (Lipinski definition) is 1. The van der Waals surface area contributed by atoms with Gasteiger partial charge < -0.3 is 10.5 Å². The summed E-state index contributed by atoms with van der Waals surface area (Å²) in [5, 5.41) is 0. The van der Waals surface area contributed by atoms with Crippen molar-refractivity contribution >= 4 is 5.84 Å². The smallest absolute Gasteiger partial charge is 0.0943 e. The highest BCUT2D eigenvalue weighted by Gasteiger charge is 2.26. The molecule has 13 heavy (non-hydrogen) atoms. The van der Waals surface area contributed by atoms with Gasteiger partial charge in [0.15, 0.2) is 0 Å². The molecule has 0 bridgehead atoms. The van der Waals surface area contributed by atoms with Crippen LogP contribution in [0.3, 0.4) is 0 Å². The van der Waals surface area contributed by atoms with E-state index in [1.807, 2.05) is 0 Å². The average molecular weight is 184 g/mol. The maximum Gasteiger partial charge on any atom is 0.0943 e. The molecule has 1 saturated heterocycles. The van der Waals surface area contributed by atoms with Crippen LogP contribution in [0.25, 0.3) is 0 Å². The van der Waals surface area contributed by atoms with Gasteiger partial charge in [-0.25, -0.2) is 0 Å². The second-order valence-corrected chi connectivity index (χ2v) is 3.96. The van der Waals surface area contributed by atoms with Gasteiger partial charge in [0.1, 0.15) is 0 Å². The van der Waals surface area contributed by atoms with Crippen molar-refractivity contribution in [3.8, 4) is 0 Å². The van der Waals surface area contributed by atoms with Crippen molar-refractivity contribution in [3.63, 3.8) is 0 Å². The third kappa shape index (κ3) is 3.35. The lowest BCUT2D eigenvalue weighted by Gasteiger charge is -2.30. The summed E-state index contributed by atoms with van der Waals surface area (Å²) in [4.78, 5) is 4.57. The predicted molar refractivity (Wildman–Crippen MR) is 55.0 cm³/mol. The molecule has 0 aromatic rings. The monoisotopic (exact) mass is 184 g/mol. The number of ether oxygens (including phenoxy) is 1. The van der Waals surface area contributed by atoms with E-state index < -0.39 is 0 Å². The standard InChI is InChI=1S/C10H20N2O/c1-3-4-9(11)12-10(2)5-7-13-8-6-10/h3-8H2,1-2H3,(H2,11,12). The van der Waals surface area contributed by atoms with Crippen LogP contribution in [-0.2, 0) is 4.74 Å². The van der Waals surface area contributed by atoms with Crippen LogP contribution >= 0.6 is 0 Å². The Morgan fingerprint density at radius 3 is 2.62 bits per heavy atom. The Hall–Kier alpha value is -0.570. The van der Waals surface area contributed by atoms with Crippen molar-refractivity contribution in [1.29, 1.82) is 0 Å². The molecule has 0 unspecified atom stereocenters. The van der Waals surface area contributed by atoms with Crippen LogP contribution in [0.2, 0.25) is 0 Å². The molecule has 3 heteroatoms. The molecule has 0 aromatic heterocycles. The van der Waals surface area contributed by atoms with Gasteiger partial charge >= 0.3 is 0 Å². The summed E-state index contributed by atoms with van der Waals surface area (Å²) >= 11 is 0. The lowest BCUT2D eigenvalue weighted by Crippen LogP contribution is -2.33. The van der Waals surface area contributed by atoms with Crippen molar-refractivity contribution in [2.75, 3.05) is 13.2 Å². The predicted octanol–water partition coefficient (Wildman–Crippen LogP) is 1.71. The van der Waals surface area contributed by atoms with E-state index in [0.717, 1.165) is 44.7 Å². The first-order chi connectivity index (χ1) is 6.16. The molecular weight excluding hydrogens is 164 g/mol. The number of nitrogens with zero attached hydrogens (tertiary/aromatic N) is 1. The molecule has 0 aliphatic carbocycles. The molecule has 76 valence electrons. The Labute approximate surface area is 80.4 Å². The van der Waals surface area contributed by atoms with Gasteiger partial charge in [-0.1, -0.05) is 6.92 Å². The second-order valence-electron chi connectivity index (χ2n) is 3.96.